The summed E-state index contributed by atoms with van der Waals surface area (Å²) in [6.07, 6.45) is 0. The predicted octanol–water partition coefficient (Wildman–Crippen LogP) is 5.22. The Kier molecular flexibility index (Phi) is 3.81. The highest BCUT2D eigenvalue weighted by Crippen LogP contribution is 2.30. The van der Waals surface area contributed by atoms with Crippen molar-refractivity contribution in [1.82, 2.24) is 4.98 Å². The van der Waals surface area contributed by atoms with Gasteiger partial charge in [0.1, 0.15) is 5.01 Å². The van der Waals surface area contributed by atoms with Gasteiger partial charge in [-0.3, -0.25) is 4.79 Å². The maximum Gasteiger partial charge on any atom is 0.255 e. The van der Waals surface area contributed by atoms with Crippen molar-refractivity contribution in [3.63, 3.8) is 0 Å². The van der Waals surface area contributed by atoms with Crippen molar-refractivity contribution in [3.05, 3.63) is 84.4 Å². The van der Waals surface area contributed by atoms with Crippen LogP contribution in [0.5, 0.6) is 0 Å². The number of rotatable bonds is 3. The van der Waals surface area contributed by atoms with Gasteiger partial charge in [0.05, 0.1) is 10.2 Å². The zero-order valence-electron chi connectivity index (χ0n) is 12.8. The number of benzene rings is 3. The summed E-state index contributed by atoms with van der Waals surface area (Å²) >= 11 is 1.67. The summed E-state index contributed by atoms with van der Waals surface area (Å²) in [4.78, 5) is 16.8. The highest BCUT2D eigenvalue weighted by atomic mass is 32.1. The number of nitrogens with one attached hydrogen (secondary N) is 1. The zero-order valence-corrected chi connectivity index (χ0v) is 13.6. The zero-order chi connectivity index (χ0) is 16.4. The molecule has 0 radical (unpaired) electrons. The molecule has 0 aliphatic heterocycles. The Morgan fingerprint density at radius 2 is 1.54 bits per heavy atom. The monoisotopic (exact) mass is 330 g/mol. The lowest BCUT2D eigenvalue weighted by Crippen LogP contribution is -2.11. The van der Waals surface area contributed by atoms with Gasteiger partial charge in [-0.25, -0.2) is 4.98 Å². The lowest BCUT2D eigenvalue weighted by atomic mass is 10.2. The Labute approximate surface area is 143 Å². The molecular formula is C20H14N2OS. The number of fused-ring (bicyclic) bond motifs is 1. The van der Waals surface area contributed by atoms with E-state index in [4.69, 9.17) is 0 Å². The molecule has 0 fully saturated rings. The number of carbonyl (C=O) groups excluding carboxylic acids is 1. The summed E-state index contributed by atoms with van der Waals surface area (Å²) in [6.45, 7) is 0. The third-order valence-electron chi connectivity index (χ3n) is 3.72. The van der Waals surface area contributed by atoms with Gasteiger partial charge in [-0.15, -0.1) is 11.3 Å². The number of anilines is 1. The van der Waals surface area contributed by atoms with Crippen LogP contribution >= 0.6 is 11.3 Å². The van der Waals surface area contributed by atoms with Crippen LogP contribution in [0.15, 0.2) is 78.9 Å². The van der Waals surface area contributed by atoms with Crippen molar-refractivity contribution in [2.45, 2.75) is 0 Å². The molecular weight excluding hydrogens is 316 g/mol. The molecule has 0 aliphatic rings. The van der Waals surface area contributed by atoms with Crippen LogP contribution in [0.4, 0.5) is 5.69 Å². The maximum absolute atomic E-state index is 12.2. The van der Waals surface area contributed by atoms with Gasteiger partial charge < -0.3 is 5.32 Å². The predicted molar refractivity (Wildman–Crippen MR) is 99.5 cm³/mol. The summed E-state index contributed by atoms with van der Waals surface area (Å²) in [5.41, 5.74) is 3.48. The molecule has 1 amide bonds. The topological polar surface area (TPSA) is 42.0 Å². The summed E-state index contributed by atoms with van der Waals surface area (Å²) in [5, 5.41) is 3.89. The van der Waals surface area contributed by atoms with Gasteiger partial charge in [0, 0.05) is 16.8 Å². The molecule has 0 aliphatic carbocycles. The van der Waals surface area contributed by atoms with Crippen LogP contribution in [0.2, 0.25) is 0 Å². The van der Waals surface area contributed by atoms with Crippen molar-refractivity contribution >= 4 is 33.1 Å². The van der Waals surface area contributed by atoms with Gasteiger partial charge in [0.2, 0.25) is 0 Å². The number of amides is 1. The average molecular weight is 330 g/mol. The molecule has 4 aromatic rings. The Balaban J connectivity index is 1.55. The Morgan fingerprint density at radius 3 is 2.29 bits per heavy atom. The van der Waals surface area contributed by atoms with Gasteiger partial charge >= 0.3 is 0 Å². The maximum atomic E-state index is 12.2. The summed E-state index contributed by atoms with van der Waals surface area (Å²) < 4.78 is 1.17. The van der Waals surface area contributed by atoms with Gasteiger partial charge in [-0.05, 0) is 48.5 Å². The van der Waals surface area contributed by atoms with Crippen LogP contribution < -0.4 is 5.32 Å². The Morgan fingerprint density at radius 1 is 0.833 bits per heavy atom. The number of hydrogen-bond donors (Lipinski definition) is 1. The first-order valence-corrected chi connectivity index (χ1v) is 8.44. The normalized spacial score (nSPS) is 10.7. The van der Waals surface area contributed by atoms with E-state index in [1.54, 1.807) is 23.5 Å². The molecule has 0 saturated heterocycles. The fourth-order valence-corrected chi connectivity index (χ4v) is 3.46. The second-order valence-corrected chi connectivity index (χ2v) is 6.41. The van der Waals surface area contributed by atoms with E-state index < -0.39 is 0 Å². The van der Waals surface area contributed by atoms with Crippen molar-refractivity contribution in [2.75, 3.05) is 5.32 Å². The number of thiazole rings is 1. The molecule has 116 valence electrons. The molecule has 1 N–H and O–H groups in total. The molecule has 24 heavy (non-hydrogen) atoms. The SMILES string of the molecule is O=C(Nc1ccc(-c2nc3ccccc3s2)cc1)c1ccccc1. The first-order valence-electron chi connectivity index (χ1n) is 7.62. The number of nitrogens with zero attached hydrogens (tertiary/aromatic N) is 1. The molecule has 3 aromatic carbocycles. The van der Waals surface area contributed by atoms with Crippen LogP contribution in [-0.2, 0) is 0 Å². The van der Waals surface area contributed by atoms with Gasteiger partial charge in [-0.2, -0.15) is 0 Å². The minimum absolute atomic E-state index is 0.108. The summed E-state index contributed by atoms with van der Waals surface area (Å²) in [6, 6.07) is 25.1. The van der Waals surface area contributed by atoms with Crippen LogP contribution in [0.1, 0.15) is 10.4 Å². The second-order valence-electron chi connectivity index (χ2n) is 5.38. The largest absolute Gasteiger partial charge is 0.322 e. The summed E-state index contributed by atoms with van der Waals surface area (Å²) in [7, 11) is 0. The van der Waals surface area contributed by atoms with E-state index in [9.17, 15) is 4.79 Å². The third-order valence-corrected chi connectivity index (χ3v) is 4.81. The Bertz CT molecular complexity index is 958. The second kappa shape index (κ2) is 6.26. The van der Waals surface area contributed by atoms with E-state index in [0.717, 1.165) is 21.8 Å². The average Bonchev–Trinajstić information content (AvgIpc) is 3.07. The molecule has 3 nitrogen and oxygen atoms in total. The number of hydrogen-bond acceptors (Lipinski definition) is 3. The van der Waals surface area contributed by atoms with Crippen molar-refractivity contribution in [1.29, 1.82) is 0 Å². The molecule has 0 bridgehead atoms. The standard InChI is InChI=1S/C20H14N2OS/c23-19(14-6-2-1-3-7-14)21-16-12-10-15(11-13-16)20-22-17-8-4-5-9-18(17)24-20/h1-13H,(H,21,23). The fourth-order valence-electron chi connectivity index (χ4n) is 2.48. The van der Waals surface area contributed by atoms with Crippen LogP contribution in [0, 0.1) is 0 Å². The van der Waals surface area contributed by atoms with Gasteiger partial charge in [0.15, 0.2) is 0 Å². The molecule has 0 atom stereocenters. The first kappa shape index (κ1) is 14.6. The van der Waals surface area contributed by atoms with E-state index in [1.807, 2.05) is 60.7 Å². The van der Waals surface area contributed by atoms with Crippen molar-refractivity contribution in [2.24, 2.45) is 0 Å². The smallest absolute Gasteiger partial charge is 0.255 e. The van der Waals surface area contributed by atoms with Crippen LogP contribution in [-0.4, -0.2) is 10.9 Å². The van der Waals surface area contributed by atoms with Crippen LogP contribution in [0.25, 0.3) is 20.8 Å². The number of para-hydroxylation sites is 1. The van der Waals surface area contributed by atoms with Gasteiger partial charge in [-0.1, -0.05) is 30.3 Å². The van der Waals surface area contributed by atoms with Crippen LogP contribution in [0.3, 0.4) is 0 Å². The summed E-state index contributed by atoms with van der Waals surface area (Å²) in [5.74, 6) is -0.108. The van der Waals surface area contributed by atoms with E-state index in [-0.39, 0.29) is 5.91 Å². The quantitative estimate of drug-likeness (QED) is 0.560. The Hall–Kier alpha value is -2.98. The van der Waals surface area contributed by atoms with E-state index in [1.165, 1.54) is 4.70 Å². The number of aromatic nitrogens is 1. The highest BCUT2D eigenvalue weighted by Gasteiger charge is 2.08. The minimum atomic E-state index is -0.108. The van der Waals surface area contributed by atoms with Crippen molar-refractivity contribution in [3.8, 4) is 10.6 Å². The molecule has 0 saturated carbocycles. The molecule has 0 spiro atoms. The van der Waals surface area contributed by atoms with Crippen molar-refractivity contribution < 1.29 is 4.79 Å². The molecule has 4 rings (SSSR count). The highest BCUT2D eigenvalue weighted by molar-refractivity contribution is 7.21. The van der Waals surface area contributed by atoms with Gasteiger partial charge in [0.25, 0.3) is 5.91 Å². The third kappa shape index (κ3) is 2.92. The number of carbonyl (C=O) groups is 1. The molecule has 0 unspecified atom stereocenters. The van der Waals surface area contributed by atoms with E-state index in [0.29, 0.717) is 5.56 Å². The lowest BCUT2D eigenvalue weighted by molar-refractivity contribution is 0.102. The first-order chi connectivity index (χ1) is 11.8. The minimum Gasteiger partial charge on any atom is -0.322 e. The lowest BCUT2D eigenvalue weighted by Gasteiger charge is -2.05. The molecule has 1 aromatic heterocycles. The fraction of sp³-hybridized carbons (Fsp3) is 0. The molecule has 4 heteroatoms. The van der Waals surface area contributed by atoms with E-state index >= 15 is 0 Å². The van der Waals surface area contributed by atoms with E-state index in [2.05, 4.69) is 16.4 Å². The molecule has 1 heterocycles.